The quantitative estimate of drug-likeness (QED) is 0.677. The number of pyridine rings is 1. The van der Waals surface area contributed by atoms with Gasteiger partial charge < -0.3 is 4.74 Å². The molecule has 0 N–H and O–H groups in total. The van der Waals surface area contributed by atoms with Crippen LogP contribution in [-0.4, -0.2) is 12.1 Å². The van der Waals surface area contributed by atoms with Crippen molar-refractivity contribution >= 4 is 22.5 Å². The third-order valence-corrected chi connectivity index (χ3v) is 2.54. The van der Waals surface area contributed by atoms with Crippen molar-refractivity contribution < 1.29 is 4.74 Å². The summed E-state index contributed by atoms with van der Waals surface area (Å²) in [5, 5.41) is 1.62. The van der Waals surface area contributed by atoms with Gasteiger partial charge in [0.25, 0.3) is 0 Å². The fourth-order valence-electron chi connectivity index (χ4n) is 1.36. The number of nitrogens with zero attached hydrogens (tertiary/aromatic N) is 1. The summed E-state index contributed by atoms with van der Waals surface area (Å²) in [5.41, 5.74) is 1.85. The molecule has 0 aliphatic heterocycles. The van der Waals surface area contributed by atoms with Crippen LogP contribution in [0.2, 0.25) is 5.15 Å². The van der Waals surface area contributed by atoms with Crippen molar-refractivity contribution in [3.8, 4) is 5.75 Å². The highest BCUT2D eigenvalue weighted by molar-refractivity contribution is 6.30. The van der Waals surface area contributed by atoms with Gasteiger partial charge in [-0.25, -0.2) is 4.98 Å². The van der Waals surface area contributed by atoms with E-state index in [1.165, 1.54) is 0 Å². The molecule has 0 atom stereocenters. The van der Waals surface area contributed by atoms with Gasteiger partial charge in [-0.3, -0.25) is 0 Å². The van der Waals surface area contributed by atoms with Crippen LogP contribution in [0.15, 0.2) is 24.3 Å². The van der Waals surface area contributed by atoms with Crippen LogP contribution in [0.5, 0.6) is 5.75 Å². The first kappa shape index (κ1) is 15.7. The summed E-state index contributed by atoms with van der Waals surface area (Å²) in [6.45, 7) is 5.94. The second-order valence-corrected chi connectivity index (χ2v) is 3.51. The summed E-state index contributed by atoms with van der Waals surface area (Å²) in [5.74, 6) is 0.796. The van der Waals surface area contributed by atoms with E-state index in [-0.39, 0.29) is 7.43 Å². The first-order valence-electron chi connectivity index (χ1n) is 5.31. The highest BCUT2D eigenvalue weighted by Crippen LogP contribution is 2.23. The molecule has 1 aromatic carbocycles. The van der Waals surface area contributed by atoms with Crippen molar-refractivity contribution in [2.24, 2.45) is 0 Å². The van der Waals surface area contributed by atoms with Gasteiger partial charge in [0.2, 0.25) is 0 Å². The number of halogens is 1. The average molecular weight is 254 g/mol. The molecule has 0 saturated heterocycles. The van der Waals surface area contributed by atoms with E-state index < -0.39 is 0 Å². The summed E-state index contributed by atoms with van der Waals surface area (Å²) in [6, 6.07) is 7.78. The average Bonchev–Trinajstić information content (AvgIpc) is 2.33. The molecular formula is C14H20ClNO. The fraction of sp³-hybridized carbons (Fsp3) is 0.357. The monoisotopic (exact) mass is 253 g/mol. The molecule has 3 heteroatoms. The molecule has 17 heavy (non-hydrogen) atoms. The van der Waals surface area contributed by atoms with E-state index >= 15 is 0 Å². The molecule has 0 fully saturated rings. The van der Waals surface area contributed by atoms with E-state index in [2.05, 4.69) is 4.98 Å². The predicted octanol–water partition coefficient (Wildman–Crippen LogP) is 4.87. The molecule has 0 spiro atoms. The Balaban J connectivity index is 0.000000811. The zero-order valence-electron chi connectivity index (χ0n) is 10.0. The number of aryl methyl sites for hydroxylation is 1. The van der Waals surface area contributed by atoms with Crippen LogP contribution in [0.3, 0.4) is 0 Å². The highest BCUT2D eigenvalue weighted by Gasteiger charge is 2.01. The van der Waals surface area contributed by atoms with Crippen molar-refractivity contribution in [3.05, 3.63) is 35.0 Å². The van der Waals surface area contributed by atoms with Gasteiger partial charge in [-0.1, -0.05) is 32.9 Å². The number of hydrogen-bond donors (Lipinski definition) is 0. The Hall–Kier alpha value is -1.28. The summed E-state index contributed by atoms with van der Waals surface area (Å²) in [7, 11) is 1.64. The molecule has 0 unspecified atom stereocenters. The number of rotatable bonds is 1. The van der Waals surface area contributed by atoms with Crippen molar-refractivity contribution in [3.63, 3.8) is 0 Å². The molecule has 1 heterocycles. The molecule has 0 aliphatic carbocycles. The summed E-state index contributed by atoms with van der Waals surface area (Å²) in [4.78, 5) is 4.27. The molecular weight excluding hydrogens is 234 g/mol. The normalized spacial score (nSPS) is 9.00. The lowest BCUT2D eigenvalue weighted by Crippen LogP contribution is -1.86. The third-order valence-electron chi connectivity index (χ3n) is 2.15. The number of hydrogen-bond acceptors (Lipinski definition) is 2. The molecule has 0 saturated carbocycles. The molecule has 94 valence electrons. The van der Waals surface area contributed by atoms with Crippen LogP contribution in [0.1, 0.15) is 26.8 Å². The van der Waals surface area contributed by atoms with Crippen molar-refractivity contribution in [2.75, 3.05) is 7.11 Å². The second kappa shape index (κ2) is 7.13. The molecule has 2 nitrogen and oxygen atoms in total. The highest BCUT2D eigenvalue weighted by atomic mass is 35.5. The van der Waals surface area contributed by atoms with Crippen LogP contribution in [-0.2, 0) is 0 Å². The summed E-state index contributed by atoms with van der Waals surface area (Å²) in [6.07, 6.45) is 0. The maximum Gasteiger partial charge on any atom is 0.132 e. The van der Waals surface area contributed by atoms with Crippen molar-refractivity contribution in [1.82, 2.24) is 4.98 Å². The number of fused-ring (bicyclic) bond motifs is 1. The van der Waals surface area contributed by atoms with Gasteiger partial charge in [-0.15, -0.1) is 0 Å². The molecule has 0 radical (unpaired) electrons. The van der Waals surface area contributed by atoms with Crippen LogP contribution < -0.4 is 4.74 Å². The maximum absolute atomic E-state index is 5.93. The molecule has 2 aromatic rings. The van der Waals surface area contributed by atoms with Gasteiger partial charge in [0.15, 0.2) is 0 Å². The van der Waals surface area contributed by atoms with Crippen LogP contribution in [0, 0.1) is 6.92 Å². The fourth-order valence-corrected chi connectivity index (χ4v) is 1.50. The minimum Gasteiger partial charge on any atom is -0.497 e. The van der Waals surface area contributed by atoms with Gasteiger partial charge in [0.05, 0.1) is 12.6 Å². The first-order valence-corrected chi connectivity index (χ1v) is 5.69. The van der Waals surface area contributed by atoms with E-state index in [4.69, 9.17) is 16.3 Å². The van der Waals surface area contributed by atoms with E-state index in [0.29, 0.717) is 5.15 Å². The van der Waals surface area contributed by atoms with E-state index in [0.717, 1.165) is 22.2 Å². The van der Waals surface area contributed by atoms with Crippen LogP contribution >= 0.6 is 11.6 Å². The standard InChI is InChI=1S/C11H10ClNO.C2H6.CH4/c1-7-5-8-3-4-9(14-2)6-10(8)13-11(7)12;1-2;/h3-6H,1-2H3;1-2H3;1H4. The zero-order valence-corrected chi connectivity index (χ0v) is 10.8. The number of methoxy groups -OCH3 is 1. The maximum atomic E-state index is 5.93. The molecule has 0 amide bonds. The van der Waals surface area contributed by atoms with E-state index in [1.54, 1.807) is 7.11 Å². The Labute approximate surface area is 109 Å². The van der Waals surface area contributed by atoms with Gasteiger partial charge >= 0.3 is 0 Å². The largest absolute Gasteiger partial charge is 0.497 e. The Morgan fingerprint density at radius 1 is 1.18 bits per heavy atom. The van der Waals surface area contributed by atoms with E-state index in [9.17, 15) is 0 Å². The third kappa shape index (κ3) is 3.60. The van der Waals surface area contributed by atoms with Crippen molar-refractivity contribution in [2.45, 2.75) is 28.2 Å². The van der Waals surface area contributed by atoms with Gasteiger partial charge in [0.1, 0.15) is 10.9 Å². The smallest absolute Gasteiger partial charge is 0.132 e. The number of ether oxygens (including phenoxy) is 1. The van der Waals surface area contributed by atoms with Crippen LogP contribution in [0.4, 0.5) is 0 Å². The molecule has 0 bridgehead atoms. The molecule has 2 rings (SSSR count). The Bertz CT molecular complexity index is 483. The second-order valence-electron chi connectivity index (χ2n) is 3.15. The molecule has 0 aliphatic rings. The SMILES string of the molecule is C.CC.COc1ccc2cc(C)c(Cl)nc2c1. The lowest BCUT2D eigenvalue weighted by molar-refractivity contribution is 0.415. The number of aromatic nitrogens is 1. The van der Waals surface area contributed by atoms with Gasteiger partial charge in [-0.05, 0) is 30.7 Å². The predicted molar refractivity (Wildman–Crippen MR) is 76.1 cm³/mol. The lowest BCUT2D eigenvalue weighted by Gasteiger charge is -2.03. The van der Waals surface area contributed by atoms with Gasteiger partial charge in [0, 0.05) is 11.5 Å². The zero-order chi connectivity index (χ0) is 12.1. The Morgan fingerprint density at radius 3 is 2.41 bits per heavy atom. The molecule has 1 aromatic heterocycles. The van der Waals surface area contributed by atoms with Crippen molar-refractivity contribution in [1.29, 1.82) is 0 Å². The van der Waals surface area contributed by atoms with Gasteiger partial charge in [-0.2, -0.15) is 0 Å². The van der Waals surface area contributed by atoms with E-state index in [1.807, 2.05) is 45.0 Å². The summed E-state index contributed by atoms with van der Waals surface area (Å²) < 4.78 is 5.11. The Morgan fingerprint density at radius 2 is 1.82 bits per heavy atom. The lowest BCUT2D eigenvalue weighted by atomic mass is 10.2. The first-order chi connectivity index (χ1) is 7.70. The van der Waals surface area contributed by atoms with Crippen LogP contribution in [0.25, 0.3) is 10.9 Å². The summed E-state index contributed by atoms with van der Waals surface area (Å²) >= 11 is 5.93. The number of benzene rings is 1. The Kier molecular flexibility index (Phi) is 6.59. The topological polar surface area (TPSA) is 22.1 Å². The minimum absolute atomic E-state index is 0. The minimum atomic E-state index is 0.